The number of amides is 1. The number of methoxy groups -OCH3 is 1. The average molecular weight is 437 g/mol. The first-order valence-corrected chi connectivity index (χ1v) is 10.7. The number of benzene rings is 3. The second-order valence-electron chi connectivity index (χ2n) is 7.15. The molecule has 4 aromatic rings. The number of carbonyl (C=O) groups is 1. The summed E-state index contributed by atoms with van der Waals surface area (Å²) in [5.41, 5.74) is 4.62. The Hall–Kier alpha value is -2.89. The smallest absolute Gasteiger partial charge is 0.264 e. The molecule has 0 saturated carbocycles. The summed E-state index contributed by atoms with van der Waals surface area (Å²) in [6.45, 7) is 4.50. The molecule has 152 valence electrons. The van der Waals surface area contributed by atoms with Crippen LogP contribution in [-0.2, 0) is 6.54 Å². The van der Waals surface area contributed by atoms with E-state index < -0.39 is 0 Å². The highest BCUT2D eigenvalue weighted by Gasteiger charge is 2.25. The number of aromatic nitrogens is 1. The molecule has 4 rings (SSSR count). The molecule has 6 heteroatoms. The minimum Gasteiger partial charge on any atom is -0.496 e. The summed E-state index contributed by atoms with van der Waals surface area (Å²) in [5, 5.41) is 1.13. The molecule has 0 N–H and O–H groups in total. The number of nitrogens with zero attached hydrogens (tertiary/aromatic N) is 2. The third-order valence-corrected chi connectivity index (χ3v) is 6.13. The van der Waals surface area contributed by atoms with Crippen molar-refractivity contribution in [2.75, 3.05) is 12.0 Å². The van der Waals surface area contributed by atoms with E-state index in [9.17, 15) is 4.79 Å². The molecule has 0 saturated heterocycles. The number of anilines is 1. The van der Waals surface area contributed by atoms with Gasteiger partial charge >= 0.3 is 0 Å². The molecule has 1 aromatic heterocycles. The Balaban J connectivity index is 1.84. The van der Waals surface area contributed by atoms with Crippen molar-refractivity contribution >= 4 is 44.2 Å². The van der Waals surface area contributed by atoms with Crippen molar-refractivity contribution in [3.63, 3.8) is 0 Å². The fourth-order valence-corrected chi connectivity index (χ4v) is 4.77. The van der Waals surface area contributed by atoms with Crippen LogP contribution in [0.4, 0.5) is 5.13 Å². The molecule has 0 aliphatic carbocycles. The molecular formula is C24H21ClN2O2S. The van der Waals surface area contributed by atoms with Gasteiger partial charge in [0, 0.05) is 5.02 Å². The normalized spacial score (nSPS) is 10.9. The monoisotopic (exact) mass is 436 g/mol. The number of carbonyl (C=O) groups excluding carboxylic acids is 1. The highest BCUT2D eigenvalue weighted by molar-refractivity contribution is 7.22. The van der Waals surface area contributed by atoms with Gasteiger partial charge < -0.3 is 4.74 Å². The van der Waals surface area contributed by atoms with Gasteiger partial charge in [0.2, 0.25) is 0 Å². The molecule has 3 aromatic carbocycles. The lowest BCUT2D eigenvalue weighted by molar-refractivity contribution is 0.0982. The van der Waals surface area contributed by atoms with E-state index in [1.54, 1.807) is 30.2 Å². The second-order valence-corrected chi connectivity index (χ2v) is 8.59. The van der Waals surface area contributed by atoms with E-state index in [0.717, 1.165) is 21.3 Å². The molecule has 0 radical (unpaired) electrons. The van der Waals surface area contributed by atoms with Crippen molar-refractivity contribution in [3.8, 4) is 5.75 Å². The lowest BCUT2D eigenvalue weighted by Crippen LogP contribution is -2.30. The highest BCUT2D eigenvalue weighted by atomic mass is 35.5. The van der Waals surface area contributed by atoms with Gasteiger partial charge in [0.1, 0.15) is 5.75 Å². The molecule has 0 fully saturated rings. The van der Waals surface area contributed by atoms with Gasteiger partial charge in [-0.2, -0.15) is 0 Å². The quantitative estimate of drug-likeness (QED) is 0.362. The van der Waals surface area contributed by atoms with Crippen molar-refractivity contribution in [1.29, 1.82) is 0 Å². The van der Waals surface area contributed by atoms with Gasteiger partial charge in [-0.15, -0.1) is 0 Å². The van der Waals surface area contributed by atoms with Crippen molar-refractivity contribution in [3.05, 3.63) is 87.9 Å². The number of hydrogen-bond donors (Lipinski definition) is 0. The summed E-state index contributed by atoms with van der Waals surface area (Å²) in [6, 6.07) is 19.2. The number of hydrogen-bond acceptors (Lipinski definition) is 4. The standard InChI is InChI=1S/C24H21ClN2O2S/c1-15-11-16(2)22-21(12-15)30-24(26-22)27(14-17-7-5-4-6-8-17)23(28)19-13-18(25)9-10-20(19)29-3/h4-13H,14H2,1-3H3. The fourth-order valence-electron chi connectivity index (χ4n) is 3.46. The Morgan fingerprint density at radius 1 is 1.10 bits per heavy atom. The van der Waals surface area contributed by atoms with Gasteiger partial charge in [-0.1, -0.05) is 59.3 Å². The lowest BCUT2D eigenvalue weighted by Gasteiger charge is -2.21. The molecule has 1 heterocycles. The SMILES string of the molecule is COc1ccc(Cl)cc1C(=O)N(Cc1ccccc1)c1nc2c(C)cc(C)cc2s1. The maximum absolute atomic E-state index is 13.7. The number of thiazole rings is 1. The van der Waals surface area contributed by atoms with Gasteiger partial charge in [-0.25, -0.2) is 4.98 Å². The van der Waals surface area contributed by atoms with E-state index in [0.29, 0.717) is 28.0 Å². The van der Waals surface area contributed by atoms with Gasteiger partial charge in [0.15, 0.2) is 5.13 Å². The third kappa shape index (κ3) is 4.04. The van der Waals surface area contributed by atoms with Gasteiger partial charge in [-0.05, 0) is 54.8 Å². The van der Waals surface area contributed by atoms with Crippen LogP contribution in [0.5, 0.6) is 5.75 Å². The molecular weight excluding hydrogens is 416 g/mol. The Morgan fingerprint density at radius 3 is 2.60 bits per heavy atom. The zero-order chi connectivity index (χ0) is 21.3. The summed E-state index contributed by atoms with van der Waals surface area (Å²) >= 11 is 7.71. The van der Waals surface area contributed by atoms with Gasteiger partial charge in [0.05, 0.1) is 29.4 Å². The Bertz CT molecular complexity index is 1220. The summed E-state index contributed by atoms with van der Waals surface area (Å²) < 4.78 is 6.49. The first-order valence-electron chi connectivity index (χ1n) is 9.53. The van der Waals surface area contributed by atoms with Crippen LogP contribution in [0.25, 0.3) is 10.2 Å². The van der Waals surface area contributed by atoms with Crippen molar-refractivity contribution in [2.45, 2.75) is 20.4 Å². The zero-order valence-corrected chi connectivity index (χ0v) is 18.6. The number of rotatable bonds is 5. The Morgan fingerprint density at radius 2 is 1.87 bits per heavy atom. The number of aryl methyl sites for hydroxylation is 2. The summed E-state index contributed by atoms with van der Waals surface area (Å²) in [6.07, 6.45) is 0. The van der Waals surface area contributed by atoms with E-state index in [2.05, 4.69) is 19.1 Å². The van der Waals surface area contributed by atoms with Crippen LogP contribution in [0.3, 0.4) is 0 Å². The molecule has 0 unspecified atom stereocenters. The topological polar surface area (TPSA) is 42.4 Å². The maximum Gasteiger partial charge on any atom is 0.264 e. The molecule has 4 nitrogen and oxygen atoms in total. The first kappa shape index (κ1) is 20.4. The van der Waals surface area contributed by atoms with Crippen LogP contribution >= 0.6 is 22.9 Å². The van der Waals surface area contributed by atoms with Crippen LogP contribution in [0.2, 0.25) is 5.02 Å². The van der Waals surface area contributed by atoms with Crippen molar-refractivity contribution in [2.24, 2.45) is 0 Å². The average Bonchev–Trinajstić information content (AvgIpc) is 3.16. The Labute approximate surface area is 184 Å². The molecule has 0 spiro atoms. The molecule has 1 amide bonds. The third-order valence-electron chi connectivity index (χ3n) is 4.87. The van der Waals surface area contributed by atoms with Crippen LogP contribution in [0, 0.1) is 13.8 Å². The lowest BCUT2D eigenvalue weighted by atomic mass is 10.1. The van der Waals surface area contributed by atoms with Gasteiger partial charge in [-0.3, -0.25) is 9.69 Å². The summed E-state index contributed by atoms with van der Waals surface area (Å²) in [7, 11) is 1.55. The predicted octanol–water partition coefficient (Wildman–Crippen LogP) is 6.42. The van der Waals surface area contributed by atoms with Crippen LogP contribution in [-0.4, -0.2) is 18.0 Å². The number of halogens is 1. The van der Waals surface area contributed by atoms with E-state index in [1.807, 2.05) is 37.3 Å². The summed E-state index contributed by atoms with van der Waals surface area (Å²) in [5.74, 6) is 0.280. The molecule has 0 aliphatic rings. The molecule has 0 bridgehead atoms. The number of ether oxygens (including phenoxy) is 1. The van der Waals surface area contributed by atoms with E-state index >= 15 is 0 Å². The molecule has 30 heavy (non-hydrogen) atoms. The van der Waals surface area contributed by atoms with Crippen molar-refractivity contribution < 1.29 is 9.53 Å². The molecule has 0 atom stereocenters. The molecule has 0 aliphatic heterocycles. The minimum atomic E-state index is -0.202. The fraction of sp³-hybridized carbons (Fsp3) is 0.167. The van der Waals surface area contributed by atoms with Crippen LogP contribution in [0.1, 0.15) is 27.0 Å². The maximum atomic E-state index is 13.7. The van der Waals surface area contributed by atoms with E-state index in [4.69, 9.17) is 21.3 Å². The second kappa shape index (κ2) is 8.46. The number of fused-ring (bicyclic) bond motifs is 1. The summed E-state index contributed by atoms with van der Waals surface area (Å²) in [4.78, 5) is 20.2. The van der Waals surface area contributed by atoms with Crippen LogP contribution < -0.4 is 9.64 Å². The Kier molecular flexibility index (Phi) is 5.75. The highest BCUT2D eigenvalue weighted by Crippen LogP contribution is 2.34. The van der Waals surface area contributed by atoms with Crippen molar-refractivity contribution in [1.82, 2.24) is 4.98 Å². The zero-order valence-electron chi connectivity index (χ0n) is 17.0. The largest absolute Gasteiger partial charge is 0.496 e. The van der Waals surface area contributed by atoms with Crippen LogP contribution in [0.15, 0.2) is 60.7 Å². The first-order chi connectivity index (χ1) is 14.5. The predicted molar refractivity (Wildman–Crippen MR) is 124 cm³/mol. The minimum absolute atomic E-state index is 0.202. The van der Waals surface area contributed by atoms with E-state index in [1.165, 1.54) is 16.9 Å². The van der Waals surface area contributed by atoms with E-state index in [-0.39, 0.29) is 5.91 Å². The van der Waals surface area contributed by atoms with Gasteiger partial charge in [0.25, 0.3) is 5.91 Å².